The first-order valence-electron chi connectivity index (χ1n) is 6.48. The van der Waals surface area contributed by atoms with Crippen molar-refractivity contribution < 1.29 is 14.3 Å². The van der Waals surface area contributed by atoms with Gasteiger partial charge in [-0.15, -0.1) is 11.8 Å². The predicted molar refractivity (Wildman–Crippen MR) is 98.7 cm³/mol. The summed E-state index contributed by atoms with van der Waals surface area (Å²) in [7, 11) is 1.60. The van der Waals surface area contributed by atoms with Crippen molar-refractivity contribution in [2.75, 3.05) is 11.5 Å². The highest BCUT2D eigenvalue weighted by Crippen LogP contribution is 2.34. The van der Waals surface area contributed by atoms with Gasteiger partial charge >= 0.3 is 5.97 Å². The zero-order valence-corrected chi connectivity index (χ0v) is 15.1. The SMILES string of the molecule is O=C(O)C1(Cc2cc3ccc(F)cc3[nH]2)CSC(CSI)=N1. The molecule has 1 aromatic heterocycles. The number of nitrogens with one attached hydrogen (secondary N) is 1. The lowest BCUT2D eigenvalue weighted by Crippen LogP contribution is -2.39. The number of nitrogens with zero attached hydrogens (tertiary/aromatic N) is 1. The molecule has 2 heterocycles. The van der Waals surface area contributed by atoms with E-state index in [2.05, 4.69) is 31.2 Å². The number of thioether (sulfide) groups is 1. The summed E-state index contributed by atoms with van der Waals surface area (Å²) >= 11 is 3.68. The minimum atomic E-state index is -1.13. The Morgan fingerprint density at radius 3 is 3.09 bits per heavy atom. The Balaban J connectivity index is 1.92. The molecule has 22 heavy (non-hydrogen) atoms. The molecule has 4 nitrogen and oxygen atoms in total. The molecule has 1 aliphatic rings. The summed E-state index contributed by atoms with van der Waals surface area (Å²) in [6, 6.07) is 6.36. The molecule has 1 aliphatic heterocycles. The van der Waals surface area contributed by atoms with E-state index in [0.29, 0.717) is 11.3 Å². The molecule has 0 spiro atoms. The van der Waals surface area contributed by atoms with Gasteiger partial charge in [0.15, 0.2) is 5.54 Å². The van der Waals surface area contributed by atoms with Crippen molar-refractivity contribution in [3.63, 3.8) is 0 Å². The van der Waals surface area contributed by atoms with Crippen LogP contribution in [0.2, 0.25) is 0 Å². The number of aromatic amines is 1. The standard InChI is InChI=1S/C14H12FIN2O2S2/c15-9-2-1-8-3-10(17-11(8)4-9)5-14(13(19)20)7-21-12(18-14)6-22-16/h1-4,17H,5-7H2,(H,19,20). The van der Waals surface area contributed by atoms with Crippen LogP contribution in [0.25, 0.3) is 10.9 Å². The highest BCUT2D eigenvalue weighted by atomic mass is 127. The van der Waals surface area contributed by atoms with Gasteiger partial charge in [-0.1, -0.05) is 8.93 Å². The van der Waals surface area contributed by atoms with Crippen LogP contribution in [0, 0.1) is 5.82 Å². The number of fused-ring (bicyclic) bond motifs is 1. The molecule has 0 saturated carbocycles. The van der Waals surface area contributed by atoms with Crippen LogP contribution in [-0.4, -0.2) is 38.1 Å². The summed E-state index contributed by atoms with van der Waals surface area (Å²) < 4.78 is 13.2. The van der Waals surface area contributed by atoms with Crippen LogP contribution in [0.15, 0.2) is 29.3 Å². The van der Waals surface area contributed by atoms with Crippen molar-refractivity contribution in [2.45, 2.75) is 12.0 Å². The fraction of sp³-hybridized carbons (Fsp3) is 0.286. The van der Waals surface area contributed by atoms with Gasteiger partial charge in [0.2, 0.25) is 0 Å². The van der Waals surface area contributed by atoms with Gasteiger partial charge < -0.3 is 10.1 Å². The van der Waals surface area contributed by atoms with Gasteiger partial charge in [-0.25, -0.2) is 9.18 Å². The average Bonchev–Trinajstić information content (AvgIpc) is 3.04. The molecule has 2 aromatic rings. The second kappa shape index (κ2) is 6.40. The first-order valence-corrected chi connectivity index (χ1v) is 11.0. The molecule has 1 atom stereocenters. The molecule has 1 unspecified atom stereocenters. The number of aromatic nitrogens is 1. The van der Waals surface area contributed by atoms with E-state index < -0.39 is 11.5 Å². The quantitative estimate of drug-likeness (QED) is 0.679. The summed E-state index contributed by atoms with van der Waals surface area (Å²) in [4.78, 5) is 19.3. The zero-order chi connectivity index (χ0) is 15.7. The lowest BCUT2D eigenvalue weighted by molar-refractivity contribution is -0.142. The predicted octanol–water partition coefficient (Wildman–Crippen LogP) is 3.90. The summed E-state index contributed by atoms with van der Waals surface area (Å²) in [6.45, 7) is 0. The van der Waals surface area contributed by atoms with Crippen LogP contribution in [-0.2, 0) is 11.2 Å². The topological polar surface area (TPSA) is 65.4 Å². The van der Waals surface area contributed by atoms with Crippen molar-refractivity contribution in [1.82, 2.24) is 4.98 Å². The van der Waals surface area contributed by atoms with Gasteiger partial charge in [0.25, 0.3) is 0 Å². The molecule has 3 rings (SSSR count). The lowest BCUT2D eigenvalue weighted by Gasteiger charge is -2.19. The molecule has 0 saturated heterocycles. The van der Waals surface area contributed by atoms with E-state index in [9.17, 15) is 14.3 Å². The van der Waals surface area contributed by atoms with Gasteiger partial charge in [-0.2, -0.15) is 0 Å². The van der Waals surface area contributed by atoms with E-state index in [-0.39, 0.29) is 12.2 Å². The van der Waals surface area contributed by atoms with Gasteiger partial charge in [0.05, 0.1) is 10.8 Å². The molecule has 0 radical (unpaired) electrons. The summed E-state index contributed by atoms with van der Waals surface area (Å²) in [5.41, 5.74) is 0.301. The lowest BCUT2D eigenvalue weighted by atomic mass is 9.96. The minimum absolute atomic E-state index is 0.279. The number of carboxylic acids is 1. The Morgan fingerprint density at radius 1 is 1.55 bits per heavy atom. The highest BCUT2D eigenvalue weighted by molar-refractivity contribution is 14.2. The number of rotatable bonds is 5. The van der Waals surface area contributed by atoms with E-state index in [1.807, 2.05) is 6.07 Å². The molecule has 116 valence electrons. The third-order valence-corrected chi connectivity index (χ3v) is 6.21. The normalized spacial score (nSPS) is 21.3. The highest BCUT2D eigenvalue weighted by Gasteiger charge is 2.43. The molecular formula is C14H12FIN2O2S2. The number of halogens is 2. The molecule has 0 fully saturated rings. The maximum Gasteiger partial charge on any atom is 0.332 e. The van der Waals surface area contributed by atoms with Crippen LogP contribution in [0.3, 0.4) is 0 Å². The first-order chi connectivity index (χ1) is 10.5. The summed E-state index contributed by atoms with van der Waals surface area (Å²) in [5.74, 6) is -0.0838. The van der Waals surface area contributed by atoms with Crippen molar-refractivity contribution >= 4 is 63.8 Å². The first kappa shape index (κ1) is 16.1. The molecule has 0 amide bonds. The van der Waals surface area contributed by atoms with Crippen molar-refractivity contribution in [2.24, 2.45) is 4.99 Å². The number of aliphatic imine (C=N–C) groups is 1. The van der Waals surface area contributed by atoms with Gasteiger partial charge in [0.1, 0.15) is 5.82 Å². The Hall–Kier alpha value is -0.740. The fourth-order valence-corrected chi connectivity index (χ4v) is 5.59. The Labute approximate surface area is 146 Å². The smallest absolute Gasteiger partial charge is 0.332 e. The maximum atomic E-state index is 13.2. The second-order valence-electron chi connectivity index (χ2n) is 5.09. The third kappa shape index (κ3) is 3.13. The van der Waals surface area contributed by atoms with Gasteiger partial charge in [0, 0.05) is 23.4 Å². The van der Waals surface area contributed by atoms with Crippen LogP contribution in [0.5, 0.6) is 0 Å². The third-order valence-electron chi connectivity index (χ3n) is 3.52. The Morgan fingerprint density at radius 2 is 2.36 bits per heavy atom. The van der Waals surface area contributed by atoms with Crippen molar-refractivity contribution in [3.8, 4) is 0 Å². The fourth-order valence-electron chi connectivity index (χ4n) is 2.47. The maximum absolute atomic E-state index is 13.2. The van der Waals surface area contributed by atoms with Gasteiger partial charge in [-0.05, 0) is 50.9 Å². The minimum Gasteiger partial charge on any atom is -0.479 e. The van der Waals surface area contributed by atoms with E-state index in [1.54, 1.807) is 15.0 Å². The van der Waals surface area contributed by atoms with Crippen molar-refractivity contribution in [3.05, 3.63) is 35.8 Å². The number of aliphatic carboxylic acids is 1. The molecule has 0 bridgehead atoms. The number of carboxylic acid groups (broad SMARTS) is 1. The molecule has 0 aliphatic carbocycles. The van der Waals surface area contributed by atoms with E-state index in [0.717, 1.165) is 21.9 Å². The van der Waals surface area contributed by atoms with E-state index in [1.165, 1.54) is 23.9 Å². The van der Waals surface area contributed by atoms with Crippen LogP contribution in [0.1, 0.15) is 5.69 Å². The average molecular weight is 450 g/mol. The number of benzene rings is 1. The molecular weight excluding hydrogens is 438 g/mol. The Kier molecular flexibility index (Phi) is 4.69. The van der Waals surface area contributed by atoms with Crippen molar-refractivity contribution in [1.29, 1.82) is 0 Å². The second-order valence-corrected chi connectivity index (χ2v) is 8.51. The summed E-state index contributed by atoms with van der Waals surface area (Å²) in [5, 5.41) is 11.4. The van der Waals surface area contributed by atoms with E-state index >= 15 is 0 Å². The number of hydrogen-bond donors (Lipinski definition) is 2. The van der Waals surface area contributed by atoms with Crippen LogP contribution >= 0.6 is 41.9 Å². The molecule has 8 heteroatoms. The van der Waals surface area contributed by atoms with E-state index in [4.69, 9.17) is 0 Å². The monoisotopic (exact) mass is 450 g/mol. The zero-order valence-electron chi connectivity index (χ0n) is 11.3. The number of H-pyrrole nitrogens is 1. The van der Waals surface area contributed by atoms with Crippen LogP contribution in [0.4, 0.5) is 4.39 Å². The molecule has 2 N–H and O–H groups in total. The molecule has 1 aromatic carbocycles. The number of carbonyl (C=O) groups is 1. The Bertz CT molecular complexity index is 764. The summed E-state index contributed by atoms with van der Waals surface area (Å²) in [6.07, 6.45) is 0.279. The number of hydrogen-bond acceptors (Lipinski definition) is 4. The van der Waals surface area contributed by atoms with Gasteiger partial charge in [-0.3, -0.25) is 4.99 Å². The van der Waals surface area contributed by atoms with Crippen LogP contribution < -0.4 is 0 Å². The largest absolute Gasteiger partial charge is 0.479 e.